The molecule has 1 aromatic heterocycles. The third-order valence-corrected chi connectivity index (χ3v) is 4.87. The number of non-ortho nitro benzene ring substituents is 1. The number of carbonyl (C=O) groups excluding carboxylic acids is 1. The third kappa shape index (κ3) is 3.06. The first-order valence-corrected chi connectivity index (χ1v) is 9.16. The van der Waals surface area contributed by atoms with Crippen molar-refractivity contribution in [3.8, 4) is 5.75 Å². The highest BCUT2D eigenvalue weighted by atomic mass is 16.6. The van der Waals surface area contributed by atoms with Crippen LogP contribution in [0.4, 0.5) is 5.69 Å². The number of hydrogen-bond acceptors (Lipinski definition) is 7. The molecule has 152 valence electrons. The minimum absolute atomic E-state index is 0.0781. The second kappa shape index (κ2) is 7.36. The second-order valence-corrected chi connectivity index (χ2v) is 6.63. The van der Waals surface area contributed by atoms with E-state index in [4.69, 9.17) is 15.2 Å². The number of aromatic amines is 1. The monoisotopic (exact) mass is 407 g/mol. The molecule has 9 heteroatoms. The van der Waals surface area contributed by atoms with Gasteiger partial charge >= 0.3 is 5.97 Å². The molecule has 9 nitrogen and oxygen atoms in total. The molecule has 1 aliphatic rings. The van der Waals surface area contributed by atoms with Crippen molar-refractivity contribution in [1.82, 2.24) is 4.98 Å². The van der Waals surface area contributed by atoms with Gasteiger partial charge in [0.1, 0.15) is 11.3 Å². The number of para-hydroxylation sites is 1. The van der Waals surface area contributed by atoms with Crippen LogP contribution < -0.4 is 16.0 Å². The van der Waals surface area contributed by atoms with E-state index in [1.807, 2.05) is 0 Å². The minimum atomic E-state index is -0.999. The summed E-state index contributed by atoms with van der Waals surface area (Å²) in [6.07, 6.45) is 0. The maximum atomic E-state index is 13.0. The summed E-state index contributed by atoms with van der Waals surface area (Å²) in [6, 6.07) is 12.7. The van der Waals surface area contributed by atoms with Gasteiger partial charge in [-0.15, -0.1) is 0 Å². The number of benzene rings is 2. The molecular formula is C21H17N3O6. The summed E-state index contributed by atoms with van der Waals surface area (Å²) < 4.78 is 10.9. The first kappa shape index (κ1) is 19.2. The number of nitrogens with zero attached hydrogens (tertiary/aromatic N) is 1. The lowest BCUT2D eigenvalue weighted by Crippen LogP contribution is -2.32. The summed E-state index contributed by atoms with van der Waals surface area (Å²) in [4.78, 5) is 39.3. The fourth-order valence-electron chi connectivity index (χ4n) is 3.63. The number of rotatable bonds is 4. The van der Waals surface area contributed by atoms with Gasteiger partial charge in [-0.2, -0.15) is 0 Å². The smallest absolute Gasteiger partial charge is 0.340 e. The van der Waals surface area contributed by atoms with Crippen molar-refractivity contribution in [2.45, 2.75) is 12.8 Å². The van der Waals surface area contributed by atoms with Crippen LogP contribution in [-0.4, -0.2) is 22.5 Å². The number of ether oxygens (including phenoxy) is 2. The van der Waals surface area contributed by atoms with Crippen LogP contribution in [0.5, 0.6) is 5.75 Å². The van der Waals surface area contributed by atoms with Crippen LogP contribution >= 0.6 is 0 Å². The van der Waals surface area contributed by atoms with E-state index in [0.29, 0.717) is 16.5 Å². The summed E-state index contributed by atoms with van der Waals surface area (Å²) in [7, 11) is 0. The molecule has 0 spiro atoms. The quantitative estimate of drug-likeness (QED) is 0.385. The van der Waals surface area contributed by atoms with Gasteiger partial charge in [0.15, 0.2) is 0 Å². The van der Waals surface area contributed by atoms with Gasteiger partial charge in [0.25, 0.3) is 11.2 Å². The van der Waals surface area contributed by atoms with Crippen molar-refractivity contribution >= 4 is 22.6 Å². The molecule has 0 amide bonds. The van der Waals surface area contributed by atoms with E-state index in [1.165, 1.54) is 18.2 Å². The van der Waals surface area contributed by atoms with Gasteiger partial charge in [0, 0.05) is 17.5 Å². The highest BCUT2D eigenvalue weighted by Gasteiger charge is 2.39. The van der Waals surface area contributed by atoms with Crippen LogP contribution in [0.15, 0.2) is 64.8 Å². The summed E-state index contributed by atoms with van der Waals surface area (Å²) in [6.45, 7) is 1.72. The topological polar surface area (TPSA) is 138 Å². The normalized spacial score (nSPS) is 15.4. The van der Waals surface area contributed by atoms with Crippen LogP contribution in [0.25, 0.3) is 10.9 Å². The van der Waals surface area contributed by atoms with E-state index in [1.54, 1.807) is 37.3 Å². The van der Waals surface area contributed by atoms with Crippen molar-refractivity contribution in [2.24, 2.45) is 5.73 Å². The lowest BCUT2D eigenvalue weighted by Gasteiger charge is -2.28. The van der Waals surface area contributed by atoms with E-state index in [0.717, 1.165) is 0 Å². The fraction of sp³-hybridized carbons (Fsp3) is 0.143. The lowest BCUT2D eigenvalue weighted by atomic mass is 9.82. The van der Waals surface area contributed by atoms with Gasteiger partial charge < -0.3 is 20.2 Å². The Kier molecular flexibility index (Phi) is 4.71. The Morgan fingerprint density at radius 2 is 2.03 bits per heavy atom. The first-order valence-electron chi connectivity index (χ1n) is 9.16. The van der Waals surface area contributed by atoms with Gasteiger partial charge in [-0.25, -0.2) is 4.79 Å². The van der Waals surface area contributed by atoms with E-state index in [-0.39, 0.29) is 35.1 Å². The largest absolute Gasteiger partial charge is 0.462 e. The summed E-state index contributed by atoms with van der Waals surface area (Å²) in [5, 5.41) is 11.9. The van der Waals surface area contributed by atoms with Gasteiger partial charge in [-0.05, 0) is 24.6 Å². The summed E-state index contributed by atoms with van der Waals surface area (Å²) in [5.74, 6) is -1.77. The lowest BCUT2D eigenvalue weighted by molar-refractivity contribution is -0.384. The molecule has 0 bridgehead atoms. The zero-order valence-corrected chi connectivity index (χ0v) is 15.9. The Morgan fingerprint density at radius 3 is 2.77 bits per heavy atom. The average molecular weight is 407 g/mol. The SMILES string of the molecule is CCOC(=O)C1=C(N)Oc2c(c(=O)[nH]c3ccccc23)[C@H]1c1cccc([N+](=O)[O-])c1. The van der Waals surface area contributed by atoms with Crippen LogP contribution in [0.3, 0.4) is 0 Å². The summed E-state index contributed by atoms with van der Waals surface area (Å²) >= 11 is 0. The zero-order valence-electron chi connectivity index (χ0n) is 15.9. The van der Waals surface area contributed by atoms with E-state index >= 15 is 0 Å². The average Bonchev–Trinajstić information content (AvgIpc) is 2.73. The number of nitro benzene ring substituents is 1. The number of hydrogen-bond donors (Lipinski definition) is 2. The fourth-order valence-corrected chi connectivity index (χ4v) is 3.63. The molecule has 0 saturated carbocycles. The van der Waals surface area contributed by atoms with Crippen molar-refractivity contribution in [3.63, 3.8) is 0 Å². The second-order valence-electron chi connectivity index (χ2n) is 6.63. The highest BCUT2D eigenvalue weighted by Crippen LogP contribution is 2.44. The molecule has 1 aliphatic heterocycles. The highest BCUT2D eigenvalue weighted by molar-refractivity contribution is 5.95. The van der Waals surface area contributed by atoms with Crippen LogP contribution in [0.2, 0.25) is 0 Å². The maximum Gasteiger partial charge on any atom is 0.340 e. The number of nitro groups is 1. The molecule has 4 rings (SSSR count). The molecule has 0 unspecified atom stereocenters. The van der Waals surface area contributed by atoms with Crippen LogP contribution in [0, 0.1) is 10.1 Å². The molecule has 3 aromatic rings. The molecule has 3 N–H and O–H groups in total. The Morgan fingerprint density at radius 1 is 1.27 bits per heavy atom. The minimum Gasteiger partial charge on any atom is -0.462 e. The van der Waals surface area contributed by atoms with Gasteiger partial charge in [-0.3, -0.25) is 14.9 Å². The molecule has 1 atom stereocenters. The Bertz CT molecular complexity index is 1280. The number of esters is 1. The Balaban J connectivity index is 2.05. The predicted molar refractivity (Wildman–Crippen MR) is 108 cm³/mol. The molecule has 0 aliphatic carbocycles. The van der Waals surface area contributed by atoms with E-state index in [9.17, 15) is 19.7 Å². The van der Waals surface area contributed by atoms with Crippen molar-refractivity contribution in [1.29, 1.82) is 0 Å². The molecule has 0 fully saturated rings. The zero-order chi connectivity index (χ0) is 21.4. The maximum absolute atomic E-state index is 13.0. The summed E-state index contributed by atoms with van der Waals surface area (Å²) in [5.41, 5.74) is 6.36. The Labute approximate surface area is 169 Å². The molecule has 0 saturated heterocycles. The third-order valence-electron chi connectivity index (χ3n) is 4.87. The number of fused-ring (bicyclic) bond motifs is 3. The molecule has 30 heavy (non-hydrogen) atoms. The number of nitrogens with two attached hydrogens (primary N) is 1. The first-order chi connectivity index (χ1) is 14.4. The molecule has 2 heterocycles. The number of pyridine rings is 1. The number of H-pyrrole nitrogens is 1. The number of nitrogens with one attached hydrogen (secondary N) is 1. The van der Waals surface area contributed by atoms with E-state index < -0.39 is 22.4 Å². The Hall–Kier alpha value is -4.14. The van der Waals surface area contributed by atoms with Gasteiger partial charge in [0.05, 0.1) is 28.5 Å². The van der Waals surface area contributed by atoms with Crippen molar-refractivity contribution < 1.29 is 19.2 Å². The molecule has 0 radical (unpaired) electrons. The molecule has 2 aromatic carbocycles. The van der Waals surface area contributed by atoms with Crippen LogP contribution in [0.1, 0.15) is 24.0 Å². The standard InChI is InChI=1S/C21H17N3O6/c1-2-29-21(26)17-15(11-6-5-7-12(10-11)24(27)28)16-18(30-19(17)22)13-8-3-4-9-14(13)23-20(16)25/h3-10,15H,2,22H2,1H3,(H,23,25)/t15-/m1/s1. The number of carbonyl (C=O) groups is 1. The number of aromatic nitrogens is 1. The van der Waals surface area contributed by atoms with Crippen LogP contribution in [-0.2, 0) is 9.53 Å². The van der Waals surface area contributed by atoms with E-state index in [2.05, 4.69) is 4.98 Å². The van der Waals surface area contributed by atoms with Gasteiger partial charge in [0.2, 0.25) is 5.88 Å². The predicted octanol–water partition coefficient (Wildman–Crippen LogP) is 2.69. The van der Waals surface area contributed by atoms with Crippen molar-refractivity contribution in [2.75, 3.05) is 6.61 Å². The van der Waals surface area contributed by atoms with Crippen molar-refractivity contribution in [3.05, 3.63) is 91.6 Å². The van der Waals surface area contributed by atoms with Gasteiger partial charge in [-0.1, -0.05) is 24.3 Å². The molecular weight excluding hydrogens is 390 g/mol.